The Morgan fingerprint density at radius 1 is 1.07 bits per heavy atom. The molecule has 0 amide bonds. The van der Waals surface area contributed by atoms with E-state index < -0.39 is 0 Å². The number of hydrogen-bond acceptors (Lipinski definition) is 3. The number of nitrogens with one attached hydrogen (secondary N) is 2. The van der Waals surface area contributed by atoms with Crippen LogP contribution in [0.4, 0.5) is 0 Å². The molecule has 5 nitrogen and oxygen atoms in total. The van der Waals surface area contributed by atoms with Gasteiger partial charge in [0.1, 0.15) is 5.75 Å². The highest BCUT2D eigenvalue weighted by atomic mass is 16.5. The lowest BCUT2D eigenvalue weighted by Crippen LogP contribution is -2.48. The number of aliphatic imine (C=N–C) groups is 1. The normalized spacial score (nSPS) is 16.5. The quantitative estimate of drug-likeness (QED) is 0.595. The number of hydrogen-bond donors (Lipinski definition) is 2. The highest BCUT2D eigenvalue weighted by molar-refractivity contribution is 5.79. The SMILES string of the molecule is CN=C(NCc1ccc(OC)cc1)NCC1(c2ccccc2C)CCOCC1. The lowest BCUT2D eigenvalue weighted by atomic mass is 9.72. The molecule has 0 unspecified atom stereocenters. The van der Waals surface area contributed by atoms with E-state index >= 15 is 0 Å². The number of nitrogens with zero attached hydrogens (tertiary/aromatic N) is 1. The molecule has 28 heavy (non-hydrogen) atoms. The van der Waals surface area contributed by atoms with Crippen LogP contribution in [0.15, 0.2) is 53.5 Å². The van der Waals surface area contributed by atoms with Crippen molar-refractivity contribution in [2.24, 2.45) is 4.99 Å². The van der Waals surface area contributed by atoms with Crippen LogP contribution in [0, 0.1) is 6.92 Å². The second-order valence-corrected chi connectivity index (χ2v) is 7.34. The number of rotatable bonds is 6. The first kappa shape index (κ1) is 20.2. The molecule has 0 spiro atoms. The van der Waals surface area contributed by atoms with Gasteiger partial charge in [0.15, 0.2) is 5.96 Å². The van der Waals surface area contributed by atoms with Gasteiger partial charge in [-0.15, -0.1) is 0 Å². The van der Waals surface area contributed by atoms with Gasteiger partial charge >= 0.3 is 0 Å². The molecule has 1 aliphatic rings. The third kappa shape index (κ3) is 4.84. The van der Waals surface area contributed by atoms with Crippen molar-refractivity contribution in [3.8, 4) is 5.75 Å². The van der Waals surface area contributed by atoms with Crippen LogP contribution in [0.2, 0.25) is 0 Å². The summed E-state index contributed by atoms with van der Waals surface area (Å²) in [5.74, 6) is 1.68. The Kier molecular flexibility index (Phi) is 6.93. The van der Waals surface area contributed by atoms with Crippen molar-refractivity contribution in [2.75, 3.05) is 33.9 Å². The second-order valence-electron chi connectivity index (χ2n) is 7.34. The molecule has 0 aliphatic carbocycles. The van der Waals surface area contributed by atoms with Crippen molar-refractivity contribution in [3.05, 3.63) is 65.2 Å². The van der Waals surface area contributed by atoms with Gasteiger partial charge in [-0.2, -0.15) is 0 Å². The molecule has 1 aliphatic heterocycles. The van der Waals surface area contributed by atoms with Crippen LogP contribution in [0.5, 0.6) is 5.75 Å². The fraction of sp³-hybridized carbons (Fsp3) is 0.435. The Balaban J connectivity index is 1.65. The Labute approximate surface area is 168 Å². The third-order valence-corrected chi connectivity index (χ3v) is 5.60. The van der Waals surface area contributed by atoms with Crippen LogP contribution in [-0.2, 0) is 16.7 Å². The van der Waals surface area contributed by atoms with Crippen LogP contribution >= 0.6 is 0 Å². The minimum atomic E-state index is 0.0708. The van der Waals surface area contributed by atoms with Crippen molar-refractivity contribution in [1.82, 2.24) is 10.6 Å². The van der Waals surface area contributed by atoms with Gasteiger partial charge in [-0.1, -0.05) is 36.4 Å². The number of methoxy groups -OCH3 is 1. The molecule has 0 atom stereocenters. The summed E-state index contributed by atoms with van der Waals surface area (Å²) in [5.41, 5.74) is 4.01. The zero-order valence-corrected chi connectivity index (χ0v) is 17.1. The van der Waals surface area contributed by atoms with Gasteiger partial charge in [0, 0.05) is 38.8 Å². The Morgan fingerprint density at radius 2 is 1.79 bits per heavy atom. The maximum absolute atomic E-state index is 5.66. The van der Waals surface area contributed by atoms with Crippen LogP contribution in [0.25, 0.3) is 0 Å². The maximum atomic E-state index is 5.66. The average Bonchev–Trinajstić information content (AvgIpc) is 2.75. The zero-order chi connectivity index (χ0) is 19.8. The van der Waals surface area contributed by atoms with E-state index in [9.17, 15) is 0 Å². The fourth-order valence-electron chi connectivity index (χ4n) is 3.87. The molecule has 1 fully saturated rings. The lowest BCUT2D eigenvalue weighted by molar-refractivity contribution is 0.0512. The van der Waals surface area contributed by atoms with E-state index in [4.69, 9.17) is 9.47 Å². The highest BCUT2D eigenvalue weighted by Gasteiger charge is 2.35. The van der Waals surface area contributed by atoms with E-state index in [2.05, 4.69) is 58.9 Å². The summed E-state index contributed by atoms with van der Waals surface area (Å²) < 4.78 is 10.9. The highest BCUT2D eigenvalue weighted by Crippen LogP contribution is 2.36. The standard InChI is InChI=1S/C23H31N3O2/c1-18-6-4-5-7-21(18)23(12-14-28-15-13-23)17-26-22(24-2)25-16-19-8-10-20(27-3)11-9-19/h4-11H,12-17H2,1-3H3,(H2,24,25,26). The van der Waals surface area contributed by atoms with Crippen molar-refractivity contribution < 1.29 is 9.47 Å². The van der Waals surface area contributed by atoms with Crippen molar-refractivity contribution in [1.29, 1.82) is 0 Å². The number of benzene rings is 2. The first-order valence-corrected chi connectivity index (χ1v) is 9.88. The summed E-state index contributed by atoms with van der Waals surface area (Å²) in [4.78, 5) is 4.41. The number of guanidine groups is 1. The average molecular weight is 382 g/mol. The van der Waals surface area contributed by atoms with Gasteiger partial charge in [0.05, 0.1) is 7.11 Å². The third-order valence-electron chi connectivity index (χ3n) is 5.60. The lowest BCUT2D eigenvalue weighted by Gasteiger charge is -2.39. The first-order chi connectivity index (χ1) is 13.7. The molecule has 2 N–H and O–H groups in total. The molecule has 1 saturated heterocycles. The number of ether oxygens (including phenoxy) is 2. The molecule has 0 aromatic heterocycles. The maximum Gasteiger partial charge on any atom is 0.191 e. The molecule has 0 radical (unpaired) electrons. The fourth-order valence-corrected chi connectivity index (χ4v) is 3.87. The second kappa shape index (κ2) is 9.60. The molecule has 2 aromatic rings. The van der Waals surface area contributed by atoms with Crippen LogP contribution in [0.3, 0.4) is 0 Å². The van der Waals surface area contributed by atoms with Gasteiger partial charge < -0.3 is 20.1 Å². The monoisotopic (exact) mass is 381 g/mol. The van der Waals surface area contributed by atoms with E-state index in [-0.39, 0.29) is 5.41 Å². The summed E-state index contributed by atoms with van der Waals surface area (Å²) >= 11 is 0. The van der Waals surface area contributed by atoms with Crippen molar-refractivity contribution in [2.45, 2.75) is 31.7 Å². The van der Waals surface area contributed by atoms with Crippen molar-refractivity contribution >= 4 is 5.96 Å². The molecular weight excluding hydrogens is 350 g/mol. The van der Waals surface area contributed by atoms with E-state index in [1.54, 1.807) is 7.11 Å². The minimum Gasteiger partial charge on any atom is -0.497 e. The van der Waals surface area contributed by atoms with E-state index in [1.165, 1.54) is 16.7 Å². The van der Waals surface area contributed by atoms with E-state index in [0.29, 0.717) is 6.54 Å². The summed E-state index contributed by atoms with van der Waals surface area (Å²) in [6, 6.07) is 16.8. The topological polar surface area (TPSA) is 54.9 Å². The van der Waals surface area contributed by atoms with E-state index in [1.807, 2.05) is 19.2 Å². The molecular formula is C23H31N3O2. The Hall–Kier alpha value is -2.53. The smallest absolute Gasteiger partial charge is 0.191 e. The summed E-state index contributed by atoms with van der Waals surface area (Å²) in [5, 5.41) is 6.97. The van der Waals surface area contributed by atoms with Gasteiger partial charge in [0.25, 0.3) is 0 Å². The van der Waals surface area contributed by atoms with E-state index in [0.717, 1.165) is 44.3 Å². The van der Waals surface area contributed by atoms with Crippen LogP contribution in [-0.4, -0.2) is 39.9 Å². The molecule has 0 saturated carbocycles. The summed E-state index contributed by atoms with van der Waals surface area (Å²) in [6.07, 6.45) is 2.03. The molecule has 1 heterocycles. The first-order valence-electron chi connectivity index (χ1n) is 9.88. The summed E-state index contributed by atoms with van der Waals surface area (Å²) in [6.45, 7) is 5.35. The number of aryl methyl sites for hydroxylation is 1. The zero-order valence-electron chi connectivity index (χ0n) is 17.1. The molecule has 5 heteroatoms. The largest absolute Gasteiger partial charge is 0.497 e. The minimum absolute atomic E-state index is 0.0708. The molecule has 2 aromatic carbocycles. The van der Waals surface area contributed by atoms with Crippen LogP contribution < -0.4 is 15.4 Å². The molecule has 150 valence electrons. The Morgan fingerprint density at radius 3 is 2.43 bits per heavy atom. The van der Waals surface area contributed by atoms with Gasteiger partial charge in [0.2, 0.25) is 0 Å². The summed E-state index contributed by atoms with van der Waals surface area (Å²) in [7, 11) is 3.49. The van der Waals surface area contributed by atoms with Gasteiger partial charge in [-0.05, 0) is 48.6 Å². The predicted octanol–water partition coefficient (Wildman–Crippen LogP) is 3.42. The van der Waals surface area contributed by atoms with Gasteiger partial charge in [-0.25, -0.2) is 0 Å². The van der Waals surface area contributed by atoms with Crippen molar-refractivity contribution in [3.63, 3.8) is 0 Å². The molecule has 0 bridgehead atoms. The molecule has 3 rings (SSSR count). The predicted molar refractivity (Wildman–Crippen MR) is 114 cm³/mol. The Bertz CT molecular complexity index is 781. The van der Waals surface area contributed by atoms with Gasteiger partial charge in [-0.3, -0.25) is 4.99 Å². The van der Waals surface area contributed by atoms with Crippen LogP contribution in [0.1, 0.15) is 29.5 Å².